The number of aliphatic hydroxyl groups excluding tert-OH is 1. The number of nitrogens with zero attached hydrogens (tertiary/aromatic N) is 1. The van der Waals surface area contributed by atoms with E-state index < -0.39 is 11.0 Å². The number of H-pyrrole nitrogens is 1. The molecule has 0 spiro atoms. The highest BCUT2D eigenvalue weighted by molar-refractivity contribution is 5.87. The Kier molecular flexibility index (Phi) is 7.47. The molecule has 186 valence electrons. The lowest BCUT2D eigenvalue weighted by Gasteiger charge is -2.28. The fourth-order valence-corrected chi connectivity index (χ4v) is 4.19. The van der Waals surface area contributed by atoms with Crippen LogP contribution in [0, 0.1) is 10.1 Å². The molecule has 0 fully saturated rings. The molecule has 0 aliphatic heterocycles. The van der Waals surface area contributed by atoms with Gasteiger partial charge in [-0.2, -0.15) is 0 Å². The standard InChI is InChI=1S/C28H29N3O5/c1-28(2,16-19-8-10-21(11-9-19)31(34)35)29-17-24(32)22-12-14-25(27-23(22)13-15-26(33)30-27)36-18-20-6-4-3-5-7-20/h3-15,24,29,32H,16-18H2,1-2H3,(H,30,33). The van der Waals surface area contributed by atoms with Gasteiger partial charge < -0.3 is 20.1 Å². The number of aromatic nitrogens is 1. The highest BCUT2D eigenvalue weighted by Gasteiger charge is 2.22. The van der Waals surface area contributed by atoms with Crippen LogP contribution in [-0.4, -0.2) is 27.1 Å². The van der Waals surface area contributed by atoms with Crippen LogP contribution in [0.2, 0.25) is 0 Å². The van der Waals surface area contributed by atoms with E-state index in [0.717, 1.165) is 11.1 Å². The summed E-state index contributed by atoms with van der Waals surface area (Å²) in [4.78, 5) is 25.4. The lowest BCUT2D eigenvalue weighted by Crippen LogP contribution is -2.43. The summed E-state index contributed by atoms with van der Waals surface area (Å²) in [6.45, 7) is 4.65. The number of nitro benzene ring substituents is 1. The summed E-state index contributed by atoms with van der Waals surface area (Å²) in [6.07, 6.45) is -0.212. The highest BCUT2D eigenvalue weighted by Crippen LogP contribution is 2.30. The second-order valence-corrected chi connectivity index (χ2v) is 9.42. The van der Waals surface area contributed by atoms with Crippen LogP contribution in [0.15, 0.2) is 83.7 Å². The topological polar surface area (TPSA) is 117 Å². The molecule has 4 rings (SSSR count). The minimum absolute atomic E-state index is 0.0565. The van der Waals surface area contributed by atoms with Gasteiger partial charge in [-0.05, 0) is 49.1 Å². The summed E-state index contributed by atoms with van der Waals surface area (Å²) in [5, 5.41) is 26.0. The zero-order valence-electron chi connectivity index (χ0n) is 20.2. The van der Waals surface area contributed by atoms with Gasteiger partial charge in [0, 0.05) is 35.7 Å². The van der Waals surface area contributed by atoms with E-state index in [1.807, 2.05) is 50.2 Å². The first-order valence-electron chi connectivity index (χ1n) is 11.7. The molecule has 1 heterocycles. The number of aromatic amines is 1. The van der Waals surface area contributed by atoms with Crippen LogP contribution in [0.1, 0.15) is 36.6 Å². The van der Waals surface area contributed by atoms with E-state index >= 15 is 0 Å². The first kappa shape index (κ1) is 25.1. The van der Waals surface area contributed by atoms with E-state index in [1.54, 1.807) is 24.3 Å². The van der Waals surface area contributed by atoms with Crippen molar-refractivity contribution in [3.8, 4) is 5.75 Å². The first-order chi connectivity index (χ1) is 17.2. The van der Waals surface area contributed by atoms with Gasteiger partial charge in [0.2, 0.25) is 5.56 Å². The van der Waals surface area contributed by atoms with Crippen molar-refractivity contribution in [2.24, 2.45) is 0 Å². The van der Waals surface area contributed by atoms with Crippen LogP contribution in [0.3, 0.4) is 0 Å². The number of ether oxygens (including phenoxy) is 1. The van der Waals surface area contributed by atoms with Crippen LogP contribution in [0.5, 0.6) is 5.75 Å². The summed E-state index contributed by atoms with van der Waals surface area (Å²) in [5.41, 5.74) is 2.61. The van der Waals surface area contributed by atoms with Crippen LogP contribution in [0.4, 0.5) is 5.69 Å². The van der Waals surface area contributed by atoms with Crippen molar-refractivity contribution in [3.05, 3.63) is 116 Å². The molecule has 1 atom stereocenters. The zero-order valence-corrected chi connectivity index (χ0v) is 20.2. The number of nitrogens with one attached hydrogen (secondary N) is 2. The minimum atomic E-state index is -0.835. The summed E-state index contributed by atoms with van der Waals surface area (Å²) in [7, 11) is 0. The predicted octanol–water partition coefficient (Wildman–Crippen LogP) is 4.66. The molecule has 4 aromatic rings. The molecule has 36 heavy (non-hydrogen) atoms. The van der Waals surface area contributed by atoms with Crippen molar-refractivity contribution in [2.75, 3.05) is 6.54 Å². The number of pyridine rings is 1. The molecule has 1 aromatic heterocycles. The fourth-order valence-electron chi connectivity index (χ4n) is 4.19. The van der Waals surface area contributed by atoms with Gasteiger partial charge in [-0.1, -0.05) is 48.5 Å². The molecule has 0 aliphatic rings. The molecular formula is C28H29N3O5. The average Bonchev–Trinajstić information content (AvgIpc) is 2.86. The Labute approximate surface area is 208 Å². The van der Waals surface area contributed by atoms with Gasteiger partial charge in [0.25, 0.3) is 5.69 Å². The normalized spacial score (nSPS) is 12.4. The Hall–Kier alpha value is -4.01. The van der Waals surface area contributed by atoms with Gasteiger partial charge in [0.05, 0.1) is 16.5 Å². The molecule has 0 saturated carbocycles. The van der Waals surface area contributed by atoms with Crippen molar-refractivity contribution in [1.82, 2.24) is 10.3 Å². The number of benzene rings is 3. The minimum Gasteiger partial charge on any atom is -0.487 e. The second-order valence-electron chi connectivity index (χ2n) is 9.42. The van der Waals surface area contributed by atoms with Crippen LogP contribution >= 0.6 is 0 Å². The number of β-amino-alcohol motifs (C(OH)–C–C–N with tert-alkyl or cyclic N) is 1. The molecule has 0 radical (unpaired) electrons. The lowest BCUT2D eigenvalue weighted by molar-refractivity contribution is -0.384. The lowest BCUT2D eigenvalue weighted by atomic mass is 9.94. The Morgan fingerprint density at radius 3 is 2.42 bits per heavy atom. The molecule has 0 bridgehead atoms. The molecule has 8 heteroatoms. The summed E-state index contributed by atoms with van der Waals surface area (Å²) < 4.78 is 5.99. The molecule has 3 aromatic carbocycles. The third kappa shape index (κ3) is 6.16. The maximum atomic E-state index is 12.1. The van der Waals surface area contributed by atoms with Crippen molar-refractivity contribution in [2.45, 2.75) is 38.5 Å². The predicted molar refractivity (Wildman–Crippen MR) is 139 cm³/mol. The Morgan fingerprint density at radius 2 is 1.72 bits per heavy atom. The summed E-state index contributed by atoms with van der Waals surface area (Å²) >= 11 is 0. The number of hydrogen-bond acceptors (Lipinski definition) is 6. The van der Waals surface area contributed by atoms with Crippen molar-refractivity contribution < 1.29 is 14.8 Å². The second kappa shape index (κ2) is 10.7. The van der Waals surface area contributed by atoms with Gasteiger partial charge in [0.15, 0.2) is 0 Å². The number of hydrogen-bond donors (Lipinski definition) is 3. The van der Waals surface area contributed by atoms with E-state index in [9.17, 15) is 20.0 Å². The number of nitro groups is 1. The van der Waals surface area contributed by atoms with Gasteiger partial charge in [0.1, 0.15) is 12.4 Å². The monoisotopic (exact) mass is 487 g/mol. The summed E-state index contributed by atoms with van der Waals surface area (Å²) in [5.74, 6) is 0.536. The SMILES string of the molecule is CC(C)(Cc1ccc([N+](=O)[O-])cc1)NCC(O)c1ccc(OCc2ccccc2)c2[nH]c(=O)ccc12. The van der Waals surface area contributed by atoms with E-state index in [4.69, 9.17) is 4.74 Å². The fraction of sp³-hybridized carbons (Fsp3) is 0.250. The van der Waals surface area contributed by atoms with Crippen LogP contribution in [0.25, 0.3) is 10.9 Å². The third-order valence-corrected chi connectivity index (χ3v) is 6.05. The van der Waals surface area contributed by atoms with E-state index in [-0.39, 0.29) is 23.3 Å². The summed E-state index contributed by atoms with van der Waals surface area (Å²) in [6, 6.07) is 22.9. The maximum absolute atomic E-state index is 12.1. The molecule has 0 aliphatic carbocycles. The van der Waals surface area contributed by atoms with Gasteiger partial charge in [-0.3, -0.25) is 14.9 Å². The average molecular weight is 488 g/mol. The molecule has 3 N–H and O–H groups in total. The molecule has 0 saturated heterocycles. The molecular weight excluding hydrogens is 458 g/mol. The number of rotatable bonds is 10. The third-order valence-electron chi connectivity index (χ3n) is 6.05. The van der Waals surface area contributed by atoms with E-state index in [0.29, 0.717) is 35.2 Å². The molecule has 1 unspecified atom stereocenters. The van der Waals surface area contributed by atoms with Gasteiger partial charge in [-0.15, -0.1) is 0 Å². The smallest absolute Gasteiger partial charge is 0.269 e. The first-order valence-corrected chi connectivity index (χ1v) is 11.7. The quantitative estimate of drug-likeness (QED) is 0.221. The Morgan fingerprint density at radius 1 is 1.00 bits per heavy atom. The van der Waals surface area contributed by atoms with E-state index in [1.165, 1.54) is 18.2 Å². The van der Waals surface area contributed by atoms with Gasteiger partial charge >= 0.3 is 0 Å². The molecule has 0 amide bonds. The van der Waals surface area contributed by atoms with Crippen LogP contribution in [-0.2, 0) is 13.0 Å². The zero-order chi connectivity index (χ0) is 25.7. The van der Waals surface area contributed by atoms with Crippen molar-refractivity contribution in [1.29, 1.82) is 0 Å². The Balaban J connectivity index is 1.48. The number of fused-ring (bicyclic) bond motifs is 1. The number of aliphatic hydroxyl groups is 1. The number of non-ortho nitro benzene ring substituents is 1. The van der Waals surface area contributed by atoms with Gasteiger partial charge in [-0.25, -0.2) is 0 Å². The van der Waals surface area contributed by atoms with Crippen LogP contribution < -0.4 is 15.6 Å². The highest BCUT2D eigenvalue weighted by atomic mass is 16.6. The molecule has 8 nitrogen and oxygen atoms in total. The van der Waals surface area contributed by atoms with Crippen molar-refractivity contribution >= 4 is 16.6 Å². The Bertz CT molecular complexity index is 1400. The van der Waals surface area contributed by atoms with Crippen molar-refractivity contribution in [3.63, 3.8) is 0 Å². The van der Waals surface area contributed by atoms with E-state index in [2.05, 4.69) is 10.3 Å². The largest absolute Gasteiger partial charge is 0.487 e. The maximum Gasteiger partial charge on any atom is 0.269 e.